The summed E-state index contributed by atoms with van der Waals surface area (Å²) in [4.78, 5) is 0. The standard InChI is InChI=1S/C38H39B/c39-23-18-19-30-28-14-6-8-16-34(28)38(36(30)20-23)35-17-9-7-15-29(35)33-21-31-26-13-5-4-12-25(26)24-10-2-1-3-11-27(24)32(31)22-37(33)38/h1-3,9,11,17-20,22,24,27,33H,4-8,10,12-16,21,39H2. The lowest BCUT2D eigenvalue weighted by atomic mass is 9.59. The molecule has 0 saturated heterocycles. The molecule has 4 atom stereocenters. The first kappa shape index (κ1) is 23.0. The highest BCUT2D eigenvalue weighted by Gasteiger charge is 2.58. The van der Waals surface area contributed by atoms with E-state index >= 15 is 0 Å². The molecule has 0 nitrogen and oxygen atoms in total. The Morgan fingerprint density at radius 3 is 2.64 bits per heavy atom. The van der Waals surface area contributed by atoms with Gasteiger partial charge in [0.15, 0.2) is 0 Å². The molecule has 0 amide bonds. The molecule has 9 rings (SSSR count). The van der Waals surface area contributed by atoms with Crippen LogP contribution >= 0.6 is 0 Å². The van der Waals surface area contributed by atoms with Crippen molar-refractivity contribution in [3.05, 3.63) is 116 Å². The van der Waals surface area contributed by atoms with Crippen LogP contribution in [0.1, 0.15) is 88.2 Å². The van der Waals surface area contributed by atoms with Gasteiger partial charge in [-0.3, -0.25) is 0 Å². The average Bonchev–Trinajstić information content (AvgIpc) is 3.27. The second-order valence-electron chi connectivity index (χ2n) is 13.5. The Balaban J connectivity index is 1.34. The van der Waals surface area contributed by atoms with E-state index in [9.17, 15) is 0 Å². The van der Waals surface area contributed by atoms with E-state index in [0.717, 1.165) is 0 Å². The lowest BCUT2D eigenvalue weighted by Crippen LogP contribution is -2.34. The van der Waals surface area contributed by atoms with E-state index in [1.165, 1.54) is 82.5 Å². The Morgan fingerprint density at radius 1 is 0.821 bits per heavy atom. The van der Waals surface area contributed by atoms with Crippen molar-refractivity contribution in [3.63, 3.8) is 0 Å². The summed E-state index contributed by atoms with van der Waals surface area (Å²) in [7, 11) is 2.31. The zero-order valence-electron chi connectivity index (χ0n) is 23.5. The number of hydrogen-bond acceptors (Lipinski definition) is 0. The van der Waals surface area contributed by atoms with Crippen molar-refractivity contribution >= 4 is 18.9 Å². The minimum atomic E-state index is -0.00400. The van der Waals surface area contributed by atoms with Crippen LogP contribution < -0.4 is 5.46 Å². The van der Waals surface area contributed by atoms with E-state index in [0.29, 0.717) is 17.8 Å². The lowest BCUT2D eigenvalue weighted by Gasteiger charge is -2.44. The van der Waals surface area contributed by atoms with Crippen LogP contribution in [-0.2, 0) is 5.41 Å². The smallest absolute Gasteiger partial charge is 0.0886 e. The van der Waals surface area contributed by atoms with E-state index in [1.54, 1.807) is 55.7 Å². The van der Waals surface area contributed by atoms with E-state index in [2.05, 4.69) is 68.6 Å². The zero-order chi connectivity index (χ0) is 25.7. The third-order valence-corrected chi connectivity index (χ3v) is 11.8. The summed E-state index contributed by atoms with van der Waals surface area (Å²) >= 11 is 0. The van der Waals surface area contributed by atoms with Crippen molar-refractivity contribution in [2.45, 2.75) is 82.5 Å². The van der Waals surface area contributed by atoms with Gasteiger partial charge in [-0.1, -0.05) is 77.3 Å². The molecule has 194 valence electrons. The van der Waals surface area contributed by atoms with E-state index in [1.807, 2.05) is 5.57 Å². The molecule has 4 unspecified atom stereocenters. The minimum absolute atomic E-state index is 0.00400. The molecular weight excluding hydrogens is 467 g/mol. The molecule has 1 spiro atoms. The van der Waals surface area contributed by atoms with Crippen LogP contribution in [0, 0.1) is 17.8 Å². The Bertz CT molecular complexity index is 1580. The fourth-order valence-corrected chi connectivity index (χ4v) is 10.4. The van der Waals surface area contributed by atoms with Crippen LogP contribution in [0.2, 0.25) is 0 Å². The molecule has 1 aromatic carbocycles. The third-order valence-electron chi connectivity index (χ3n) is 11.8. The summed E-state index contributed by atoms with van der Waals surface area (Å²) in [5, 5.41) is 0. The monoisotopic (exact) mass is 506 g/mol. The zero-order valence-corrected chi connectivity index (χ0v) is 23.5. The van der Waals surface area contributed by atoms with Gasteiger partial charge >= 0.3 is 0 Å². The first-order valence-corrected chi connectivity index (χ1v) is 16.0. The Morgan fingerprint density at radius 2 is 1.69 bits per heavy atom. The fraction of sp³-hybridized carbons (Fsp3) is 0.421. The van der Waals surface area contributed by atoms with Gasteiger partial charge in [0.1, 0.15) is 7.85 Å². The van der Waals surface area contributed by atoms with Crippen molar-refractivity contribution in [2.24, 2.45) is 17.8 Å². The van der Waals surface area contributed by atoms with Crippen LogP contribution in [0.4, 0.5) is 0 Å². The topological polar surface area (TPSA) is 0 Å². The molecule has 0 radical (unpaired) electrons. The highest BCUT2D eigenvalue weighted by atomic mass is 14.6. The molecule has 39 heavy (non-hydrogen) atoms. The maximum Gasteiger partial charge on any atom is 0.139 e. The van der Waals surface area contributed by atoms with Crippen molar-refractivity contribution in [3.8, 4) is 0 Å². The first-order valence-electron chi connectivity index (χ1n) is 16.0. The molecule has 1 heteroatoms. The predicted molar refractivity (Wildman–Crippen MR) is 166 cm³/mol. The summed E-state index contributed by atoms with van der Waals surface area (Å²) in [6.45, 7) is 0. The second kappa shape index (κ2) is 8.36. The molecule has 0 N–H and O–H groups in total. The fourth-order valence-electron chi connectivity index (χ4n) is 10.4. The van der Waals surface area contributed by atoms with Gasteiger partial charge in [0, 0.05) is 11.8 Å². The quantitative estimate of drug-likeness (QED) is 0.312. The van der Waals surface area contributed by atoms with Gasteiger partial charge in [-0.15, -0.1) is 0 Å². The highest BCUT2D eigenvalue weighted by Crippen LogP contribution is 2.68. The number of hydrogen-bond donors (Lipinski definition) is 0. The molecule has 1 aromatic rings. The van der Waals surface area contributed by atoms with Crippen molar-refractivity contribution in [1.29, 1.82) is 0 Å². The van der Waals surface area contributed by atoms with Gasteiger partial charge in [-0.2, -0.15) is 0 Å². The molecular formula is C38H39B. The number of fused-ring (bicyclic) bond motifs is 12. The number of rotatable bonds is 0. The van der Waals surface area contributed by atoms with Gasteiger partial charge in [-0.05, 0) is 133 Å². The largest absolute Gasteiger partial charge is 0.139 e. The summed E-state index contributed by atoms with van der Waals surface area (Å²) in [6.07, 6.45) is 33.2. The molecule has 0 aromatic heterocycles. The van der Waals surface area contributed by atoms with Gasteiger partial charge in [0.05, 0.1) is 5.41 Å². The van der Waals surface area contributed by atoms with Crippen LogP contribution in [-0.4, -0.2) is 7.85 Å². The maximum absolute atomic E-state index is 2.83. The molecule has 8 aliphatic rings. The van der Waals surface area contributed by atoms with Gasteiger partial charge in [-0.25, -0.2) is 0 Å². The third kappa shape index (κ3) is 2.92. The summed E-state index contributed by atoms with van der Waals surface area (Å²) < 4.78 is 0. The number of allylic oxidation sites excluding steroid dienone is 16. The highest BCUT2D eigenvalue weighted by molar-refractivity contribution is 6.32. The Hall–Kier alpha value is -2.80. The van der Waals surface area contributed by atoms with Crippen molar-refractivity contribution in [2.75, 3.05) is 0 Å². The average molecular weight is 507 g/mol. The minimum Gasteiger partial charge on any atom is -0.0886 e. The molecule has 0 saturated carbocycles. The maximum atomic E-state index is 2.83. The normalized spacial score (nSPS) is 33.8. The SMILES string of the molecule is Bc1ccc2c(c1)C1(C3=CC4=C(CC3C3=C1C=CCC3)C1=C(CCCC1)C1CC=CC=CC41)C1=C2CCCC1. The van der Waals surface area contributed by atoms with Gasteiger partial charge in [0.25, 0.3) is 0 Å². The lowest BCUT2D eigenvalue weighted by molar-refractivity contribution is 0.446. The Labute approximate surface area is 235 Å². The molecule has 0 heterocycles. The van der Waals surface area contributed by atoms with Gasteiger partial charge in [0.2, 0.25) is 0 Å². The van der Waals surface area contributed by atoms with Gasteiger partial charge < -0.3 is 0 Å². The first-order chi connectivity index (χ1) is 19.3. The summed E-state index contributed by atoms with van der Waals surface area (Å²) in [5.41, 5.74) is 20.5. The number of benzene rings is 1. The summed E-state index contributed by atoms with van der Waals surface area (Å²) in [6, 6.07) is 7.45. The summed E-state index contributed by atoms with van der Waals surface area (Å²) in [5.74, 6) is 1.81. The van der Waals surface area contributed by atoms with Crippen molar-refractivity contribution in [1.82, 2.24) is 0 Å². The second-order valence-corrected chi connectivity index (χ2v) is 13.5. The van der Waals surface area contributed by atoms with Crippen LogP contribution in [0.5, 0.6) is 0 Å². The molecule has 0 bridgehead atoms. The predicted octanol–water partition coefficient (Wildman–Crippen LogP) is 8.06. The van der Waals surface area contributed by atoms with E-state index in [-0.39, 0.29) is 5.41 Å². The van der Waals surface area contributed by atoms with Crippen molar-refractivity contribution < 1.29 is 0 Å². The Kier molecular flexibility index (Phi) is 4.92. The molecule has 8 aliphatic carbocycles. The van der Waals surface area contributed by atoms with E-state index in [4.69, 9.17) is 0 Å². The molecule has 0 fully saturated rings. The van der Waals surface area contributed by atoms with E-state index < -0.39 is 0 Å². The van der Waals surface area contributed by atoms with Crippen LogP contribution in [0.3, 0.4) is 0 Å². The van der Waals surface area contributed by atoms with Crippen LogP contribution in [0.15, 0.2) is 105 Å². The molecule has 0 aliphatic heterocycles. The van der Waals surface area contributed by atoms with Crippen LogP contribution in [0.25, 0.3) is 5.57 Å².